The molecule has 0 spiro atoms. The Balaban J connectivity index is 2.02. The summed E-state index contributed by atoms with van der Waals surface area (Å²) in [5.41, 5.74) is 2.14. The summed E-state index contributed by atoms with van der Waals surface area (Å²) in [7, 11) is 0. The highest BCUT2D eigenvalue weighted by Crippen LogP contribution is 2.15. The van der Waals surface area contributed by atoms with Crippen molar-refractivity contribution in [2.45, 2.75) is 20.3 Å². The van der Waals surface area contributed by atoms with Crippen molar-refractivity contribution in [1.29, 1.82) is 0 Å². The van der Waals surface area contributed by atoms with Gasteiger partial charge in [0.25, 0.3) is 5.91 Å². The normalized spacial score (nSPS) is 16.1. The van der Waals surface area contributed by atoms with Gasteiger partial charge >= 0.3 is 0 Å². The molecule has 3 heteroatoms. The first kappa shape index (κ1) is 13.5. The fourth-order valence-corrected chi connectivity index (χ4v) is 3.11. The van der Waals surface area contributed by atoms with Crippen LogP contribution >= 0.6 is 11.8 Å². The number of thioether (sulfide) groups is 1. The quantitative estimate of drug-likeness (QED) is 0.835. The van der Waals surface area contributed by atoms with Gasteiger partial charge in [-0.1, -0.05) is 26.0 Å². The molecule has 2 rings (SSSR count). The zero-order chi connectivity index (χ0) is 13.0. The highest BCUT2D eigenvalue weighted by molar-refractivity contribution is 7.99. The van der Waals surface area contributed by atoms with Crippen LogP contribution < -0.4 is 0 Å². The Bertz CT molecular complexity index is 393. The van der Waals surface area contributed by atoms with Crippen LogP contribution in [0.1, 0.15) is 29.8 Å². The Morgan fingerprint density at radius 3 is 2.39 bits per heavy atom. The largest absolute Gasteiger partial charge is 0.337 e. The van der Waals surface area contributed by atoms with E-state index in [4.69, 9.17) is 0 Å². The maximum absolute atomic E-state index is 12.2. The molecule has 0 unspecified atom stereocenters. The fourth-order valence-electron chi connectivity index (χ4n) is 2.20. The smallest absolute Gasteiger partial charge is 0.253 e. The van der Waals surface area contributed by atoms with Crippen LogP contribution in [0.25, 0.3) is 0 Å². The molecule has 0 bridgehead atoms. The predicted molar refractivity (Wildman–Crippen MR) is 78.2 cm³/mol. The summed E-state index contributed by atoms with van der Waals surface area (Å²) in [6, 6.07) is 8.13. The second-order valence-corrected chi connectivity index (χ2v) is 6.42. The summed E-state index contributed by atoms with van der Waals surface area (Å²) in [4.78, 5) is 14.2. The molecule has 18 heavy (non-hydrogen) atoms. The summed E-state index contributed by atoms with van der Waals surface area (Å²) in [5, 5.41) is 0. The SMILES string of the molecule is CC(C)Cc1ccc(C(=O)N2CCSCC2)cc1. The van der Waals surface area contributed by atoms with Crippen LogP contribution in [-0.2, 0) is 6.42 Å². The molecule has 1 fully saturated rings. The first-order valence-corrected chi connectivity index (χ1v) is 7.78. The van der Waals surface area contributed by atoms with E-state index in [1.165, 1.54) is 5.56 Å². The summed E-state index contributed by atoms with van der Waals surface area (Å²) in [6.45, 7) is 6.20. The van der Waals surface area contributed by atoms with Crippen LogP contribution in [0.3, 0.4) is 0 Å². The van der Waals surface area contributed by atoms with Gasteiger partial charge < -0.3 is 4.90 Å². The Morgan fingerprint density at radius 2 is 1.83 bits per heavy atom. The van der Waals surface area contributed by atoms with E-state index in [0.717, 1.165) is 36.6 Å². The number of carbonyl (C=O) groups excluding carboxylic acids is 1. The third kappa shape index (κ3) is 3.52. The summed E-state index contributed by atoms with van der Waals surface area (Å²) in [6.07, 6.45) is 1.08. The Hall–Kier alpha value is -0.960. The average molecular weight is 263 g/mol. The lowest BCUT2D eigenvalue weighted by Gasteiger charge is -2.26. The molecule has 1 aromatic carbocycles. The molecule has 0 saturated carbocycles. The van der Waals surface area contributed by atoms with E-state index in [2.05, 4.69) is 26.0 Å². The fraction of sp³-hybridized carbons (Fsp3) is 0.533. The van der Waals surface area contributed by atoms with Gasteiger partial charge in [0, 0.05) is 30.2 Å². The maximum Gasteiger partial charge on any atom is 0.253 e. The molecule has 1 amide bonds. The lowest BCUT2D eigenvalue weighted by atomic mass is 10.0. The lowest BCUT2D eigenvalue weighted by molar-refractivity contribution is 0.0772. The van der Waals surface area contributed by atoms with Crippen LogP contribution in [0.4, 0.5) is 0 Å². The van der Waals surface area contributed by atoms with Crippen molar-refractivity contribution >= 4 is 17.7 Å². The number of benzene rings is 1. The molecule has 2 nitrogen and oxygen atoms in total. The van der Waals surface area contributed by atoms with Crippen LogP contribution in [0.5, 0.6) is 0 Å². The zero-order valence-electron chi connectivity index (χ0n) is 11.2. The minimum absolute atomic E-state index is 0.186. The molecule has 98 valence electrons. The molecule has 0 atom stereocenters. The lowest BCUT2D eigenvalue weighted by Crippen LogP contribution is -2.37. The van der Waals surface area contributed by atoms with Gasteiger partial charge in [0.2, 0.25) is 0 Å². The Kier molecular flexibility index (Phi) is 4.70. The molecule has 1 heterocycles. The van der Waals surface area contributed by atoms with Crippen molar-refractivity contribution in [3.63, 3.8) is 0 Å². The highest BCUT2D eigenvalue weighted by Gasteiger charge is 2.17. The van der Waals surface area contributed by atoms with Crippen molar-refractivity contribution in [2.24, 2.45) is 5.92 Å². The van der Waals surface area contributed by atoms with Crippen molar-refractivity contribution in [1.82, 2.24) is 4.90 Å². The topological polar surface area (TPSA) is 20.3 Å². The van der Waals surface area contributed by atoms with Gasteiger partial charge in [-0.3, -0.25) is 4.79 Å². The van der Waals surface area contributed by atoms with Gasteiger partial charge in [0.05, 0.1) is 0 Å². The molecule has 0 aliphatic carbocycles. The van der Waals surface area contributed by atoms with Gasteiger partial charge in [-0.2, -0.15) is 11.8 Å². The third-order valence-corrected chi connectivity index (χ3v) is 4.09. The number of amides is 1. The van der Waals surface area contributed by atoms with Crippen LogP contribution in [0.15, 0.2) is 24.3 Å². The molecular weight excluding hydrogens is 242 g/mol. The van der Waals surface area contributed by atoms with E-state index in [1.807, 2.05) is 28.8 Å². The number of hydrogen-bond donors (Lipinski definition) is 0. The van der Waals surface area contributed by atoms with Gasteiger partial charge in [0.15, 0.2) is 0 Å². The van der Waals surface area contributed by atoms with Crippen LogP contribution in [0, 0.1) is 5.92 Å². The van der Waals surface area contributed by atoms with Crippen molar-refractivity contribution in [2.75, 3.05) is 24.6 Å². The monoisotopic (exact) mass is 263 g/mol. The Labute approximate surface area is 114 Å². The Morgan fingerprint density at radius 1 is 1.22 bits per heavy atom. The predicted octanol–water partition coefficient (Wildman–Crippen LogP) is 3.07. The third-order valence-electron chi connectivity index (χ3n) is 3.14. The molecule has 0 N–H and O–H groups in total. The molecule has 1 aromatic rings. The molecule has 0 aromatic heterocycles. The zero-order valence-corrected chi connectivity index (χ0v) is 12.0. The van der Waals surface area contributed by atoms with Crippen molar-refractivity contribution in [3.8, 4) is 0 Å². The number of carbonyl (C=O) groups is 1. The molecule has 1 aliphatic heterocycles. The van der Waals surface area contributed by atoms with E-state index >= 15 is 0 Å². The van der Waals surface area contributed by atoms with E-state index in [9.17, 15) is 4.79 Å². The maximum atomic E-state index is 12.2. The highest BCUT2D eigenvalue weighted by atomic mass is 32.2. The molecular formula is C15H21NOS. The molecule has 0 radical (unpaired) electrons. The second-order valence-electron chi connectivity index (χ2n) is 5.20. The molecule has 1 aliphatic rings. The van der Waals surface area contributed by atoms with E-state index in [1.54, 1.807) is 0 Å². The summed E-state index contributed by atoms with van der Waals surface area (Å²) < 4.78 is 0. The molecule has 1 saturated heterocycles. The van der Waals surface area contributed by atoms with E-state index < -0.39 is 0 Å². The van der Waals surface area contributed by atoms with Crippen LogP contribution in [-0.4, -0.2) is 35.4 Å². The second kappa shape index (κ2) is 6.28. The number of rotatable bonds is 3. The summed E-state index contributed by atoms with van der Waals surface area (Å²) in [5.74, 6) is 2.98. The van der Waals surface area contributed by atoms with Gasteiger partial charge in [0.1, 0.15) is 0 Å². The first-order valence-electron chi connectivity index (χ1n) is 6.63. The van der Waals surface area contributed by atoms with Crippen molar-refractivity contribution in [3.05, 3.63) is 35.4 Å². The minimum Gasteiger partial charge on any atom is -0.337 e. The van der Waals surface area contributed by atoms with Gasteiger partial charge in [-0.15, -0.1) is 0 Å². The summed E-state index contributed by atoms with van der Waals surface area (Å²) >= 11 is 1.93. The van der Waals surface area contributed by atoms with E-state index in [0.29, 0.717) is 5.92 Å². The first-order chi connectivity index (χ1) is 8.66. The average Bonchev–Trinajstić information content (AvgIpc) is 2.39. The standard InChI is InChI=1S/C15H21NOS/c1-12(2)11-13-3-5-14(6-4-13)15(17)16-7-9-18-10-8-16/h3-6,12H,7-11H2,1-2H3. The number of hydrogen-bond acceptors (Lipinski definition) is 2. The minimum atomic E-state index is 0.186. The number of nitrogens with zero attached hydrogens (tertiary/aromatic N) is 1. The van der Waals surface area contributed by atoms with E-state index in [-0.39, 0.29) is 5.91 Å². The van der Waals surface area contributed by atoms with Gasteiger partial charge in [-0.25, -0.2) is 0 Å². The van der Waals surface area contributed by atoms with Crippen LogP contribution in [0.2, 0.25) is 0 Å². The van der Waals surface area contributed by atoms with Crippen molar-refractivity contribution < 1.29 is 4.79 Å². The van der Waals surface area contributed by atoms with Gasteiger partial charge in [-0.05, 0) is 30.0 Å².